The number of hydrogen-bond donors (Lipinski definition) is 1. The van der Waals surface area contributed by atoms with Crippen molar-refractivity contribution in [3.05, 3.63) is 83.6 Å². The van der Waals surface area contributed by atoms with Crippen LogP contribution in [-0.4, -0.2) is 30.9 Å². The molecule has 0 aromatic heterocycles. The van der Waals surface area contributed by atoms with Gasteiger partial charge < -0.3 is 15.0 Å². The van der Waals surface area contributed by atoms with Gasteiger partial charge in [0.2, 0.25) is 0 Å². The van der Waals surface area contributed by atoms with Crippen molar-refractivity contribution in [3.8, 4) is 5.75 Å². The van der Waals surface area contributed by atoms with Gasteiger partial charge in [0, 0.05) is 18.8 Å². The normalized spacial score (nSPS) is 17.0. The fourth-order valence-corrected chi connectivity index (χ4v) is 2.74. The molecular formula is C21H20N2O3. The summed E-state index contributed by atoms with van der Waals surface area (Å²) < 4.78 is 5.13. The van der Waals surface area contributed by atoms with Crippen molar-refractivity contribution < 1.29 is 14.3 Å². The summed E-state index contributed by atoms with van der Waals surface area (Å²) in [6.45, 7) is 0. The minimum atomic E-state index is -0.465. The van der Waals surface area contributed by atoms with Gasteiger partial charge in [-0.15, -0.1) is 0 Å². The van der Waals surface area contributed by atoms with Crippen molar-refractivity contribution in [2.24, 2.45) is 0 Å². The molecule has 3 rings (SSSR count). The van der Waals surface area contributed by atoms with Gasteiger partial charge in [-0.25, -0.2) is 4.79 Å². The van der Waals surface area contributed by atoms with Gasteiger partial charge in [0.15, 0.2) is 5.78 Å². The standard InChI is InChI=1S/C21H20N2O3/c1-23-14-18(20(22-21(23)25)16-6-4-3-5-7-16)19(24)13-10-15-8-11-17(26-2)12-9-15/h3-14,20H,1-2H3,(H,22,25)/t20-/m0/s1. The summed E-state index contributed by atoms with van der Waals surface area (Å²) >= 11 is 0. The topological polar surface area (TPSA) is 58.6 Å². The van der Waals surface area contributed by atoms with Crippen LogP contribution in [0.15, 0.2) is 72.4 Å². The molecule has 26 heavy (non-hydrogen) atoms. The lowest BCUT2D eigenvalue weighted by atomic mass is 9.94. The predicted octanol–water partition coefficient (Wildman–Crippen LogP) is 3.56. The highest BCUT2D eigenvalue weighted by molar-refractivity contribution is 6.08. The van der Waals surface area contributed by atoms with E-state index >= 15 is 0 Å². The average Bonchev–Trinajstić information content (AvgIpc) is 2.69. The van der Waals surface area contributed by atoms with E-state index in [0.717, 1.165) is 16.9 Å². The summed E-state index contributed by atoms with van der Waals surface area (Å²) in [7, 11) is 3.23. The van der Waals surface area contributed by atoms with Crippen LogP contribution in [0.1, 0.15) is 17.2 Å². The molecule has 0 bridgehead atoms. The van der Waals surface area contributed by atoms with Crippen molar-refractivity contribution in [3.63, 3.8) is 0 Å². The van der Waals surface area contributed by atoms with Gasteiger partial charge >= 0.3 is 6.03 Å². The maximum Gasteiger partial charge on any atom is 0.321 e. The van der Waals surface area contributed by atoms with E-state index in [2.05, 4.69) is 5.32 Å². The largest absolute Gasteiger partial charge is 0.497 e. The molecule has 0 radical (unpaired) electrons. The summed E-state index contributed by atoms with van der Waals surface area (Å²) in [5.74, 6) is 0.610. The van der Waals surface area contributed by atoms with E-state index in [1.807, 2.05) is 54.6 Å². The SMILES string of the molecule is COc1ccc(C=CC(=O)C2=CN(C)C(=O)N[C@H]2c2ccccc2)cc1. The van der Waals surface area contributed by atoms with Gasteiger partial charge in [0.05, 0.1) is 13.2 Å². The second-order valence-corrected chi connectivity index (χ2v) is 5.96. The smallest absolute Gasteiger partial charge is 0.321 e. The highest BCUT2D eigenvalue weighted by Crippen LogP contribution is 2.26. The summed E-state index contributed by atoms with van der Waals surface area (Å²) in [6.07, 6.45) is 4.87. The Labute approximate surface area is 152 Å². The van der Waals surface area contributed by atoms with Crippen LogP contribution in [0.5, 0.6) is 5.75 Å². The zero-order valence-corrected chi connectivity index (χ0v) is 14.7. The molecule has 0 aliphatic carbocycles. The third-order valence-corrected chi connectivity index (χ3v) is 4.19. The third-order valence-electron chi connectivity index (χ3n) is 4.19. The zero-order chi connectivity index (χ0) is 18.5. The van der Waals surface area contributed by atoms with Crippen molar-refractivity contribution in [1.82, 2.24) is 10.2 Å². The minimum Gasteiger partial charge on any atom is -0.497 e. The molecule has 0 spiro atoms. The molecule has 2 aromatic rings. The fraction of sp³-hybridized carbons (Fsp3) is 0.143. The Kier molecular flexibility index (Phi) is 5.17. The number of rotatable bonds is 5. The Hall–Kier alpha value is -3.34. The number of ketones is 1. The quantitative estimate of drug-likeness (QED) is 0.841. The molecule has 132 valence electrons. The van der Waals surface area contributed by atoms with Gasteiger partial charge in [-0.05, 0) is 29.3 Å². The van der Waals surface area contributed by atoms with E-state index in [9.17, 15) is 9.59 Å². The van der Waals surface area contributed by atoms with Crippen LogP contribution in [0.3, 0.4) is 0 Å². The Bertz CT molecular complexity index is 855. The van der Waals surface area contributed by atoms with Crippen molar-refractivity contribution in [1.29, 1.82) is 0 Å². The van der Waals surface area contributed by atoms with Crippen LogP contribution >= 0.6 is 0 Å². The first-order valence-electron chi connectivity index (χ1n) is 8.25. The molecule has 1 N–H and O–H groups in total. The summed E-state index contributed by atoms with van der Waals surface area (Å²) in [5, 5.41) is 2.87. The Balaban J connectivity index is 1.85. The maximum absolute atomic E-state index is 12.8. The maximum atomic E-state index is 12.8. The number of urea groups is 1. The second-order valence-electron chi connectivity index (χ2n) is 5.96. The lowest BCUT2D eigenvalue weighted by molar-refractivity contribution is -0.111. The number of allylic oxidation sites excluding steroid dienone is 1. The van der Waals surface area contributed by atoms with Crippen LogP contribution in [-0.2, 0) is 4.79 Å². The first-order chi connectivity index (χ1) is 12.6. The van der Waals surface area contributed by atoms with Crippen LogP contribution in [0.25, 0.3) is 6.08 Å². The number of nitrogens with zero attached hydrogens (tertiary/aromatic N) is 1. The van der Waals surface area contributed by atoms with Crippen molar-refractivity contribution in [2.75, 3.05) is 14.2 Å². The van der Waals surface area contributed by atoms with Gasteiger partial charge in [-0.1, -0.05) is 48.5 Å². The van der Waals surface area contributed by atoms with Crippen LogP contribution in [0.2, 0.25) is 0 Å². The van der Waals surface area contributed by atoms with Gasteiger partial charge in [0.1, 0.15) is 5.75 Å². The number of carbonyl (C=O) groups is 2. The molecule has 0 saturated heterocycles. The monoisotopic (exact) mass is 348 g/mol. The molecule has 1 heterocycles. The van der Waals surface area contributed by atoms with Gasteiger partial charge in [-0.2, -0.15) is 0 Å². The molecule has 0 saturated carbocycles. The van der Waals surface area contributed by atoms with E-state index in [-0.39, 0.29) is 11.8 Å². The number of ether oxygens (including phenoxy) is 1. The number of hydrogen-bond acceptors (Lipinski definition) is 3. The second kappa shape index (κ2) is 7.70. The van der Waals surface area contributed by atoms with E-state index < -0.39 is 6.04 Å². The average molecular weight is 348 g/mol. The molecule has 2 aromatic carbocycles. The minimum absolute atomic E-state index is 0.151. The van der Waals surface area contributed by atoms with Crippen LogP contribution < -0.4 is 10.1 Å². The number of carbonyl (C=O) groups excluding carboxylic acids is 2. The molecular weight excluding hydrogens is 328 g/mol. The highest BCUT2D eigenvalue weighted by atomic mass is 16.5. The Morgan fingerprint density at radius 3 is 2.46 bits per heavy atom. The lowest BCUT2D eigenvalue weighted by Crippen LogP contribution is -2.43. The van der Waals surface area contributed by atoms with Crippen molar-refractivity contribution >= 4 is 17.9 Å². The van der Waals surface area contributed by atoms with E-state index in [1.165, 1.54) is 11.0 Å². The molecule has 0 unspecified atom stereocenters. The Morgan fingerprint density at radius 2 is 1.81 bits per heavy atom. The summed E-state index contributed by atoms with van der Waals surface area (Å²) in [6, 6.07) is 16.2. The molecule has 2 amide bonds. The molecule has 1 atom stereocenters. The van der Waals surface area contributed by atoms with Crippen LogP contribution in [0.4, 0.5) is 4.79 Å². The van der Waals surface area contributed by atoms with Gasteiger partial charge in [0.25, 0.3) is 0 Å². The molecule has 0 fully saturated rings. The zero-order valence-electron chi connectivity index (χ0n) is 14.7. The van der Waals surface area contributed by atoms with E-state index in [0.29, 0.717) is 5.57 Å². The lowest BCUT2D eigenvalue weighted by Gasteiger charge is -2.29. The molecule has 1 aliphatic rings. The summed E-state index contributed by atoms with van der Waals surface area (Å²) in [4.78, 5) is 26.2. The van der Waals surface area contributed by atoms with Crippen molar-refractivity contribution in [2.45, 2.75) is 6.04 Å². The number of benzene rings is 2. The molecule has 5 nitrogen and oxygen atoms in total. The summed E-state index contributed by atoms with van der Waals surface area (Å²) in [5.41, 5.74) is 2.28. The molecule has 1 aliphatic heterocycles. The van der Waals surface area contributed by atoms with E-state index in [4.69, 9.17) is 4.74 Å². The fourth-order valence-electron chi connectivity index (χ4n) is 2.74. The number of amides is 2. The number of methoxy groups -OCH3 is 1. The Morgan fingerprint density at radius 1 is 1.12 bits per heavy atom. The number of nitrogens with one attached hydrogen (secondary N) is 1. The first kappa shape index (κ1) is 17.5. The predicted molar refractivity (Wildman–Crippen MR) is 101 cm³/mol. The van der Waals surface area contributed by atoms with Crippen LogP contribution in [0, 0.1) is 0 Å². The van der Waals surface area contributed by atoms with E-state index in [1.54, 1.807) is 26.4 Å². The third kappa shape index (κ3) is 3.83. The highest BCUT2D eigenvalue weighted by Gasteiger charge is 2.29. The van der Waals surface area contributed by atoms with Gasteiger partial charge in [-0.3, -0.25) is 4.79 Å². The molecule has 5 heteroatoms. The first-order valence-corrected chi connectivity index (χ1v) is 8.25.